The molecule has 3 rings (SSSR count). The van der Waals surface area contributed by atoms with E-state index in [0.29, 0.717) is 13.0 Å². The Labute approximate surface area is 169 Å². The fourth-order valence-corrected chi connectivity index (χ4v) is 4.33. The Bertz CT molecular complexity index is 814. The van der Waals surface area contributed by atoms with Crippen LogP contribution < -0.4 is 16.5 Å². The van der Waals surface area contributed by atoms with Gasteiger partial charge >= 0.3 is 0 Å². The smallest absolute Gasteiger partial charge is 0.222 e. The van der Waals surface area contributed by atoms with Crippen LogP contribution in [0.4, 0.5) is 5.82 Å². The van der Waals surface area contributed by atoms with Crippen molar-refractivity contribution in [2.24, 2.45) is 11.6 Å². The molecule has 28 heavy (non-hydrogen) atoms. The maximum absolute atomic E-state index is 12.5. The molecule has 8 nitrogen and oxygen atoms in total. The number of carbonyl (C=O) groups excluding carboxylic acids is 1. The molecule has 0 radical (unpaired) electrons. The van der Waals surface area contributed by atoms with Crippen molar-refractivity contribution in [2.45, 2.75) is 32.6 Å². The lowest BCUT2D eigenvalue weighted by Crippen LogP contribution is -2.49. The van der Waals surface area contributed by atoms with Gasteiger partial charge < -0.3 is 20.5 Å². The number of hydrogen-bond acceptors (Lipinski definition) is 8. The number of hydrazine groups is 1. The van der Waals surface area contributed by atoms with Crippen molar-refractivity contribution in [3.63, 3.8) is 0 Å². The lowest BCUT2D eigenvalue weighted by molar-refractivity contribution is -0.131. The molecule has 0 spiro atoms. The van der Waals surface area contributed by atoms with Gasteiger partial charge in [0.1, 0.15) is 17.0 Å². The molecule has 1 aliphatic heterocycles. The molecule has 2 aromatic rings. The van der Waals surface area contributed by atoms with Crippen molar-refractivity contribution < 1.29 is 4.79 Å². The number of amides is 1. The van der Waals surface area contributed by atoms with E-state index >= 15 is 0 Å². The molecule has 1 aliphatic rings. The second kappa shape index (κ2) is 9.70. The third-order valence-corrected chi connectivity index (χ3v) is 6.16. The van der Waals surface area contributed by atoms with Crippen LogP contribution in [-0.2, 0) is 11.2 Å². The zero-order valence-electron chi connectivity index (χ0n) is 16.4. The quantitative estimate of drug-likeness (QED) is 0.392. The van der Waals surface area contributed by atoms with Crippen molar-refractivity contribution in [3.8, 4) is 0 Å². The van der Waals surface area contributed by atoms with Crippen LogP contribution in [0.2, 0.25) is 0 Å². The molecule has 0 aromatic carbocycles. The minimum absolute atomic E-state index is 0.217. The van der Waals surface area contributed by atoms with Gasteiger partial charge in [-0.25, -0.2) is 15.8 Å². The average molecular weight is 404 g/mol. The maximum atomic E-state index is 12.5. The van der Waals surface area contributed by atoms with Crippen molar-refractivity contribution in [1.29, 1.82) is 0 Å². The first-order valence-corrected chi connectivity index (χ1v) is 10.6. The van der Waals surface area contributed by atoms with Gasteiger partial charge in [0.15, 0.2) is 0 Å². The zero-order valence-corrected chi connectivity index (χ0v) is 17.2. The molecule has 0 unspecified atom stereocenters. The van der Waals surface area contributed by atoms with Gasteiger partial charge in [-0.15, -0.1) is 11.3 Å². The predicted molar refractivity (Wildman–Crippen MR) is 114 cm³/mol. The van der Waals surface area contributed by atoms with E-state index in [0.717, 1.165) is 61.5 Å². The van der Waals surface area contributed by atoms with Crippen LogP contribution >= 0.6 is 11.3 Å². The highest BCUT2D eigenvalue weighted by molar-refractivity contribution is 7.18. The largest absolute Gasteiger partial charge is 0.403 e. The molecule has 1 amide bonds. The second-order valence-corrected chi connectivity index (χ2v) is 8.00. The van der Waals surface area contributed by atoms with Gasteiger partial charge in [-0.05, 0) is 25.3 Å². The minimum atomic E-state index is 0.217. The summed E-state index contributed by atoms with van der Waals surface area (Å²) >= 11 is 1.73. The van der Waals surface area contributed by atoms with Crippen molar-refractivity contribution in [3.05, 3.63) is 29.7 Å². The predicted octanol–water partition coefficient (Wildman–Crippen LogP) is 1.68. The molecule has 0 saturated carbocycles. The van der Waals surface area contributed by atoms with Crippen LogP contribution in [0.5, 0.6) is 0 Å². The van der Waals surface area contributed by atoms with E-state index < -0.39 is 0 Å². The summed E-state index contributed by atoms with van der Waals surface area (Å²) in [6, 6.07) is 2.20. The molecule has 152 valence electrons. The van der Waals surface area contributed by atoms with E-state index in [9.17, 15) is 4.79 Å². The first kappa shape index (κ1) is 20.3. The van der Waals surface area contributed by atoms with Crippen molar-refractivity contribution >= 4 is 33.3 Å². The van der Waals surface area contributed by atoms with Crippen LogP contribution in [-0.4, -0.2) is 58.5 Å². The van der Waals surface area contributed by atoms with E-state index in [2.05, 4.69) is 27.9 Å². The first-order valence-electron chi connectivity index (χ1n) is 9.78. The number of anilines is 1. The zero-order chi connectivity index (χ0) is 19.9. The summed E-state index contributed by atoms with van der Waals surface area (Å²) in [5.74, 6) is 6.93. The minimum Gasteiger partial charge on any atom is -0.403 e. The molecule has 1 fully saturated rings. The fourth-order valence-electron chi connectivity index (χ4n) is 3.40. The monoisotopic (exact) mass is 403 g/mol. The van der Waals surface area contributed by atoms with Gasteiger partial charge in [-0.3, -0.25) is 4.79 Å². The molecule has 3 heterocycles. The van der Waals surface area contributed by atoms with Gasteiger partial charge in [0.05, 0.1) is 5.39 Å². The SMILES string of the molecule is CCc1cc2c(N3CCN(C(=O)CCCCN(N)/C=C\N)CC3)ncnc2s1. The summed E-state index contributed by atoms with van der Waals surface area (Å²) in [4.78, 5) is 28.0. The van der Waals surface area contributed by atoms with E-state index in [1.165, 1.54) is 11.1 Å². The number of aryl methyl sites for hydroxylation is 1. The number of unbranched alkanes of at least 4 members (excludes halogenated alkanes) is 1. The summed E-state index contributed by atoms with van der Waals surface area (Å²) in [7, 11) is 0. The Morgan fingerprint density at radius 1 is 1.29 bits per heavy atom. The van der Waals surface area contributed by atoms with E-state index in [4.69, 9.17) is 11.6 Å². The van der Waals surface area contributed by atoms with E-state index in [-0.39, 0.29) is 5.91 Å². The molecule has 1 saturated heterocycles. The highest BCUT2D eigenvalue weighted by atomic mass is 32.1. The Morgan fingerprint density at radius 2 is 2.07 bits per heavy atom. The van der Waals surface area contributed by atoms with Crippen molar-refractivity contribution in [2.75, 3.05) is 37.6 Å². The van der Waals surface area contributed by atoms with E-state index in [1.54, 1.807) is 28.9 Å². The number of rotatable bonds is 8. The molecule has 4 N–H and O–H groups in total. The summed E-state index contributed by atoms with van der Waals surface area (Å²) in [5.41, 5.74) is 5.30. The van der Waals surface area contributed by atoms with Gasteiger partial charge in [0, 0.05) is 56.4 Å². The number of carbonyl (C=O) groups is 1. The molecule has 2 aromatic heterocycles. The van der Waals surface area contributed by atoms with Gasteiger partial charge in [-0.1, -0.05) is 6.92 Å². The number of hydrogen-bond donors (Lipinski definition) is 2. The van der Waals surface area contributed by atoms with Gasteiger partial charge in [-0.2, -0.15) is 0 Å². The van der Waals surface area contributed by atoms with Crippen LogP contribution in [0, 0.1) is 0 Å². The molecular weight excluding hydrogens is 374 g/mol. The van der Waals surface area contributed by atoms with E-state index in [1.807, 2.05) is 4.90 Å². The molecular formula is C19H29N7OS. The molecule has 0 aliphatic carbocycles. The molecule has 9 heteroatoms. The normalized spacial score (nSPS) is 14.9. The summed E-state index contributed by atoms with van der Waals surface area (Å²) in [6.07, 6.45) is 7.94. The number of piperazine rings is 1. The number of aromatic nitrogens is 2. The standard InChI is InChI=1S/C19H29N7OS/c1-2-15-13-16-18(22-14-23-19(16)28-15)25-11-9-24(10-12-25)17(27)5-3-4-7-26(21)8-6-20/h6,8,13-14H,2-5,7,9-12,20-21H2,1H3/b8-6-. The Kier molecular flexibility index (Phi) is 7.05. The number of nitrogens with zero attached hydrogens (tertiary/aromatic N) is 5. The number of nitrogens with two attached hydrogens (primary N) is 2. The Balaban J connectivity index is 1.49. The van der Waals surface area contributed by atoms with Gasteiger partial charge in [0.25, 0.3) is 0 Å². The van der Waals surface area contributed by atoms with Crippen LogP contribution in [0.1, 0.15) is 31.1 Å². The van der Waals surface area contributed by atoms with Crippen LogP contribution in [0.3, 0.4) is 0 Å². The van der Waals surface area contributed by atoms with Crippen LogP contribution in [0.15, 0.2) is 24.8 Å². The lowest BCUT2D eigenvalue weighted by Gasteiger charge is -2.35. The lowest BCUT2D eigenvalue weighted by atomic mass is 10.2. The van der Waals surface area contributed by atoms with Crippen molar-refractivity contribution in [1.82, 2.24) is 19.9 Å². The second-order valence-electron chi connectivity index (χ2n) is 6.89. The Hall–Kier alpha value is -2.39. The average Bonchev–Trinajstić information content (AvgIpc) is 3.15. The van der Waals surface area contributed by atoms with Crippen LogP contribution in [0.25, 0.3) is 10.2 Å². The topological polar surface area (TPSA) is 105 Å². The summed E-state index contributed by atoms with van der Waals surface area (Å²) in [6.45, 7) is 5.91. The molecule has 0 bridgehead atoms. The van der Waals surface area contributed by atoms with Gasteiger partial charge in [0.2, 0.25) is 5.91 Å². The third kappa shape index (κ3) is 4.90. The summed E-state index contributed by atoms with van der Waals surface area (Å²) < 4.78 is 0. The highest BCUT2D eigenvalue weighted by Crippen LogP contribution is 2.30. The number of thiophene rings is 1. The first-order chi connectivity index (χ1) is 13.6. The summed E-state index contributed by atoms with van der Waals surface area (Å²) in [5, 5.41) is 2.67. The maximum Gasteiger partial charge on any atom is 0.222 e. The molecule has 0 atom stereocenters. The Morgan fingerprint density at radius 3 is 2.79 bits per heavy atom. The highest BCUT2D eigenvalue weighted by Gasteiger charge is 2.23. The fraction of sp³-hybridized carbons (Fsp3) is 0.526. The number of fused-ring (bicyclic) bond motifs is 1. The third-order valence-electron chi connectivity index (χ3n) is 4.97.